The van der Waals surface area contributed by atoms with Crippen LogP contribution >= 0.6 is 0 Å². The Balaban J connectivity index is 0.00000225. The molecular weight excluding hydrogens is 359 g/mol. The minimum atomic E-state index is -3.21. The summed E-state index contributed by atoms with van der Waals surface area (Å²) in [5.74, 6) is -4.88. The monoisotopic (exact) mass is 375 g/mol. The number of para-hydroxylation sites is 1. The first-order valence-electron chi connectivity index (χ1n) is 7.55. The van der Waals surface area contributed by atoms with Gasteiger partial charge in [-0.1, -0.05) is 18.2 Å². The number of carboxylic acids is 1. The number of rotatable bonds is 4. The number of urea groups is 1. The molecule has 9 heteroatoms. The van der Waals surface area contributed by atoms with Crippen molar-refractivity contribution in [3.63, 3.8) is 0 Å². The number of carbonyl (C=O) groups is 2. The Morgan fingerprint density at radius 2 is 2.08 bits per heavy atom. The summed E-state index contributed by atoms with van der Waals surface area (Å²) in [7, 11) is 0. The average Bonchev–Trinajstić information content (AvgIpc) is 3.08. The number of nitrogens with zero attached hydrogens (tertiary/aromatic N) is 1. The van der Waals surface area contributed by atoms with E-state index >= 15 is 0 Å². The summed E-state index contributed by atoms with van der Waals surface area (Å²) < 4.78 is 26.7. The molecule has 1 saturated heterocycles. The number of likely N-dealkylation sites (tertiary alicyclic amines) is 1. The molecule has 2 N–H and O–H groups in total. The summed E-state index contributed by atoms with van der Waals surface area (Å²) in [5.41, 5.74) is 1.95. The zero-order valence-electron chi connectivity index (χ0n) is 13.7. The molecule has 1 aromatic heterocycles. The number of alkyl halides is 2. The third kappa shape index (κ3) is 4.59. The third-order valence-electron chi connectivity index (χ3n) is 4.15. The molecule has 1 aliphatic heterocycles. The average molecular weight is 375 g/mol. The fourth-order valence-corrected chi connectivity index (χ4v) is 2.99. The molecule has 2 aromatic rings. The van der Waals surface area contributed by atoms with E-state index in [2.05, 4.69) is 10.3 Å². The maximum Gasteiger partial charge on any atom is 1.00 e. The van der Waals surface area contributed by atoms with E-state index in [9.17, 15) is 23.5 Å². The summed E-state index contributed by atoms with van der Waals surface area (Å²) in [4.78, 5) is 26.7. The van der Waals surface area contributed by atoms with Gasteiger partial charge in [0.25, 0.3) is 5.92 Å². The number of benzene rings is 1. The summed E-state index contributed by atoms with van der Waals surface area (Å²) in [6, 6.07) is 5.24. The van der Waals surface area contributed by atoms with Gasteiger partial charge in [0.05, 0.1) is 18.6 Å². The first kappa shape index (κ1) is 20.3. The van der Waals surface area contributed by atoms with E-state index < -0.39 is 36.9 Å². The molecule has 0 radical (unpaired) electrons. The van der Waals surface area contributed by atoms with Crippen molar-refractivity contribution in [2.45, 2.75) is 24.8 Å². The quantitative estimate of drug-likeness (QED) is 0.599. The van der Waals surface area contributed by atoms with Crippen LogP contribution in [0.15, 0.2) is 30.5 Å². The van der Waals surface area contributed by atoms with Gasteiger partial charge in [-0.3, -0.25) is 0 Å². The molecule has 0 bridgehead atoms. The molecule has 6 nitrogen and oxygen atoms in total. The standard InChI is InChI=1S/C16H17F2N3O3.K/c17-16(18)7-13(14(22)23)21(9-16)15(24)19-6-5-10-8-20-12-4-2-1-3-11(10)12;/h1-4,8,13,20H,5-7,9H2,(H,19,24)(H,22,23);/q;+1/p-1/t13-;/m0./s1. The number of H-pyrrole nitrogens is 1. The number of aliphatic carboxylic acids is 1. The molecule has 25 heavy (non-hydrogen) atoms. The first-order chi connectivity index (χ1) is 11.4. The molecule has 1 aliphatic rings. The number of carbonyl (C=O) groups excluding carboxylic acids is 2. The number of nitrogens with one attached hydrogen (secondary N) is 2. The minimum Gasteiger partial charge on any atom is -0.548 e. The van der Waals surface area contributed by atoms with Crippen molar-refractivity contribution < 1.29 is 74.9 Å². The Morgan fingerprint density at radius 1 is 1.36 bits per heavy atom. The Kier molecular flexibility index (Phi) is 6.60. The van der Waals surface area contributed by atoms with Crippen molar-refractivity contribution in [1.29, 1.82) is 0 Å². The van der Waals surface area contributed by atoms with Gasteiger partial charge in [0.15, 0.2) is 0 Å². The predicted molar refractivity (Wildman–Crippen MR) is 80.5 cm³/mol. The van der Waals surface area contributed by atoms with E-state index in [1.807, 2.05) is 30.5 Å². The van der Waals surface area contributed by atoms with Gasteiger partial charge in [0.2, 0.25) is 0 Å². The third-order valence-corrected chi connectivity index (χ3v) is 4.15. The Labute approximate surface area is 185 Å². The number of hydrogen-bond donors (Lipinski definition) is 2. The van der Waals surface area contributed by atoms with Crippen molar-refractivity contribution >= 4 is 22.9 Å². The second-order valence-corrected chi connectivity index (χ2v) is 5.86. The van der Waals surface area contributed by atoms with Gasteiger partial charge in [-0.05, 0) is 18.1 Å². The maximum atomic E-state index is 13.4. The second kappa shape index (κ2) is 8.13. The smallest absolute Gasteiger partial charge is 0.548 e. The Morgan fingerprint density at radius 3 is 2.80 bits per heavy atom. The molecule has 1 aromatic carbocycles. The van der Waals surface area contributed by atoms with Crippen molar-refractivity contribution in [2.24, 2.45) is 0 Å². The van der Waals surface area contributed by atoms with Gasteiger partial charge < -0.3 is 25.1 Å². The van der Waals surface area contributed by atoms with Crippen molar-refractivity contribution in [1.82, 2.24) is 15.2 Å². The Hall–Kier alpha value is -1.00. The van der Waals surface area contributed by atoms with Gasteiger partial charge in [0, 0.05) is 30.1 Å². The molecule has 3 rings (SSSR count). The molecule has 0 unspecified atom stereocenters. The number of hydrogen-bond acceptors (Lipinski definition) is 3. The summed E-state index contributed by atoms with van der Waals surface area (Å²) in [5, 5.41) is 14.5. The predicted octanol–water partition coefficient (Wildman–Crippen LogP) is -2.12. The first-order valence-corrected chi connectivity index (χ1v) is 7.55. The number of aromatic amines is 1. The van der Waals surface area contributed by atoms with Crippen LogP contribution in [0.25, 0.3) is 10.9 Å². The molecule has 128 valence electrons. The summed E-state index contributed by atoms with van der Waals surface area (Å²) in [6.07, 6.45) is 1.41. The molecular formula is C16H16F2KN3O3. The van der Waals surface area contributed by atoms with Crippen molar-refractivity contribution in [2.75, 3.05) is 13.1 Å². The number of halogens is 2. The van der Waals surface area contributed by atoms with Crippen LogP contribution in [0.4, 0.5) is 13.6 Å². The number of carboxylic acid groups (broad SMARTS) is 1. The number of fused-ring (bicyclic) bond motifs is 1. The van der Waals surface area contributed by atoms with Crippen LogP contribution in [0.2, 0.25) is 0 Å². The molecule has 0 aliphatic carbocycles. The van der Waals surface area contributed by atoms with E-state index in [4.69, 9.17) is 0 Å². The van der Waals surface area contributed by atoms with Gasteiger partial charge >= 0.3 is 57.4 Å². The Bertz CT molecular complexity index is 781. The zero-order chi connectivity index (χ0) is 17.3. The maximum absolute atomic E-state index is 13.4. The molecule has 0 saturated carbocycles. The van der Waals surface area contributed by atoms with Crippen molar-refractivity contribution in [3.8, 4) is 0 Å². The van der Waals surface area contributed by atoms with Crippen LogP contribution in [0.3, 0.4) is 0 Å². The zero-order valence-corrected chi connectivity index (χ0v) is 16.8. The molecule has 2 amide bonds. The summed E-state index contributed by atoms with van der Waals surface area (Å²) >= 11 is 0. The summed E-state index contributed by atoms with van der Waals surface area (Å²) in [6.45, 7) is -0.701. The van der Waals surface area contributed by atoms with Crippen LogP contribution in [0.1, 0.15) is 12.0 Å². The minimum absolute atomic E-state index is 0. The molecule has 1 atom stereocenters. The van der Waals surface area contributed by atoms with Crippen LogP contribution in [-0.4, -0.2) is 46.9 Å². The molecule has 2 heterocycles. The van der Waals surface area contributed by atoms with Gasteiger partial charge in [-0.25, -0.2) is 13.6 Å². The molecule has 1 fully saturated rings. The van der Waals surface area contributed by atoms with E-state index in [0.29, 0.717) is 11.3 Å². The fraction of sp³-hybridized carbons (Fsp3) is 0.375. The topological polar surface area (TPSA) is 88.3 Å². The van der Waals surface area contributed by atoms with Crippen molar-refractivity contribution in [3.05, 3.63) is 36.0 Å². The van der Waals surface area contributed by atoms with Gasteiger partial charge in [-0.15, -0.1) is 0 Å². The normalized spacial score (nSPS) is 18.8. The number of amides is 2. The van der Waals surface area contributed by atoms with Gasteiger partial charge in [-0.2, -0.15) is 0 Å². The second-order valence-electron chi connectivity index (χ2n) is 5.86. The van der Waals surface area contributed by atoms with E-state index in [0.717, 1.165) is 16.5 Å². The van der Waals surface area contributed by atoms with Crippen LogP contribution in [0.5, 0.6) is 0 Å². The molecule has 0 spiro atoms. The fourth-order valence-electron chi connectivity index (χ4n) is 2.99. The van der Waals surface area contributed by atoms with E-state index in [1.165, 1.54) is 0 Å². The van der Waals surface area contributed by atoms with Gasteiger partial charge in [0.1, 0.15) is 0 Å². The van der Waals surface area contributed by atoms with Crippen LogP contribution in [-0.2, 0) is 11.2 Å². The van der Waals surface area contributed by atoms with Crippen LogP contribution in [0, 0.1) is 0 Å². The van der Waals surface area contributed by atoms with E-state index in [-0.39, 0.29) is 57.9 Å². The van der Waals surface area contributed by atoms with E-state index in [1.54, 1.807) is 0 Å². The largest absolute Gasteiger partial charge is 1.00 e. The SMILES string of the molecule is O=C([O-])[C@@H]1CC(F)(F)CN1C(=O)NCCc1c[nH]c2ccccc12.[K+]. The van der Waals surface area contributed by atoms with Crippen LogP contribution < -0.4 is 61.8 Å². The number of aromatic nitrogens is 1.